The van der Waals surface area contributed by atoms with Gasteiger partial charge in [-0.15, -0.1) is 0 Å². The van der Waals surface area contributed by atoms with Crippen molar-refractivity contribution in [2.24, 2.45) is 5.84 Å². The van der Waals surface area contributed by atoms with Gasteiger partial charge in [-0.1, -0.05) is 0 Å². The molecule has 7 heteroatoms. The first-order valence-electron chi connectivity index (χ1n) is 6.83. The van der Waals surface area contributed by atoms with Gasteiger partial charge >= 0.3 is 0 Å². The zero-order valence-corrected chi connectivity index (χ0v) is 12.3. The van der Waals surface area contributed by atoms with Crippen LogP contribution in [0.1, 0.15) is 31.5 Å². The fraction of sp³-hybridized carbons (Fsp3) is 0.692. The van der Waals surface area contributed by atoms with E-state index in [-0.39, 0.29) is 6.10 Å². The van der Waals surface area contributed by atoms with Gasteiger partial charge in [0, 0.05) is 32.3 Å². The Balaban J connectivity index is 2.19. The third-order valence-electron chi connectivity index (χ3n) is 3.35. The largest absolute Gasteiger partial charge is 0.378 e. The van der Waals surface area contributed by atoms with Crippen molar-refractivity contribution in [3.8, 4) is 0 Å². The second kappa shape index (κ2) is 6.94. The third kappa shape index (κ3) is 3.63. The molecule has 20 heavy (non-hydrogen) atoms. The second-order valence-corrected chi connectivity index (χ2v) is 5.13. The van der Waals surface area contributed by atoms with Gasteiger partial charge in [0.05, 0.1) is 18.9 Å². The Kier molecular flexibility index (Phi) is 5.24. The average molecular weight is 281 g/mol. The van der Waals surface area contributed by atoms with Gasteiger partial charge in [0.2, 0.25) is 0 Å². The van der Waals surface area contributed by atoms with Gasteiger partial charge in [-0.05, 0) is 13.8 Å². The van der Waals surface area contributed by atoms with Crippen LogP contribution in [0.3, 0.4) is 0 Å². The molecule has 1 fully saturated rings. The number of anilines is 1. The van der Waals surface area contributed by atoms with E-state index in [1.165, 1.54) is 0 Å². The Bertz CT molecular complexity index is 441. The Hall–Kier alpha value is -1.28. The Morgan fingerprint density at radius 3 is 3.00 bits per heavy atom. The summed E-state index contributed by atoms with van der Waals surface area (Å²) in [5.74, 6) is 6.68. The van der Waals surface area contributed by atoms with Crippen LogP contribution in [0.2, 0.25) is 0 Å². The van der Waals surface area contributed by atoms with Crippen LogP contribution in [-0.4, -0.2) is 47.7 Å². The van der Waals surface area contributed by atoms with E-state index in [4.69, 9.17) is 15.3 Å². The lowest BCUT2D eigenvalue weighted by Crippen LogP contribution is -2.42. The Morgan fingerprint density at radius 1 is 1.55 bits per heavy atom. The molecule has 0 aromatic carbocycles. The van der Waals surface area contributed by atoms with E-state index in [0.29, 0.717) is 30.9 Å². The molecule has 112 valence electrons. The van der Waals surface area contributed by atoms with Crippen LogP contribution in [-0.2, 0) is 16.1 Å². The van der Waals surface area contributed by atoms with E-state index in [1.807, 2.05) is 0 Å². The number of nitrogens with one attached hydrogen (secondary N) is 1. The van der Waals surface area contributed by atoms with Crippen LogP contribution in [0.5, 0.6) is 0 Å². The van der Waals surface area contributed by atoms with Crippen molar-refractivity contribution in [3.63, 3.8) is 0 Å². The SMILES string of the molecule is COCc1cc(NN)nc(C2CN(C(C)C)CCO2)n1. The van der Waals surface area contributed by atoms with Gasteiger partial charge in [0.1, 0.15) is 11.9 Å². The molecule has 0 bridgehead atoms. The lowest BCUT2D eigenvalue weighted by atomic mass is 10.2. The van der Waals surface area contributed by atoms with Crippen molar-refractivity contribution in [2.75, 3.05) is 32.2 Å². The highest BCUT2D eigenvalue weighted by atomic mass is 16.5. The summed E-state index contributed by atoms with van der Waals surface area (Å²) >= 11 is 0. The third-order valence-corrected chi connectivity index (χ3v) is 3.35. The van der Waals surface area contributed by atoms with Crippen LogP contribution in [0.4, 0.5) is 5.82 Å². The topological polar surface area (TPSA) is 85.5 Å². The number of nitrogens with two attached hydrogens (primary N) is 1. The predicted molar refractivity (Wildman–Crippen MR) is 76.0 cm³/mol. The van der Waals surface area contributed by atoms with Crippen LogP contribution in [0.15, 0.2) is 6.07 Å². The molecule has 1 aromatic rings. The molecule has 1 aliphatic rings. The molecule has 0 radical (unpaired) electrons. The summed E-state index contributed by atoms with van der Waals surface area (Å²) in [6.45, 7) is 7.19. The maximum atomic E-state index is 5.80. The molecule has 0 amide bonds. The number of methoxy groups -OCH3 is 1. The highest BCUT2D eigenvalue weighted by Crippen LogP contribution is 2.22. The minimum atomic E-state index is -0.130. The number of hydrogen-bond donors (Lipinski definition) is 2. The van der Waals surface area contributed by atoms with E-state index in [1.54, 1.807) is 13.2 Å². The summed E-state index contributed by atoms with van der Waals surface area (Å²) in [5.41, 5.74) is 3.35. The average Bonchev–Trinajstić information content (AvgIpc) is 2.47. The van der Waals surface area contributed by atoms with Gasteiger partial charge in [-0.25, -0.2) is 15.8 Å². The first-order chi connectivity index (χ1) is 9.63. The van der Waals surface area contributed by atoms with E-state index in [9.17, 15) is 0 Å². The highest BCUT2D eigenvalue weighted by Gasteiger charge is 2.26. The molecular weight excluding hydrogens is 258 g/mol. The summed E-state index contributed by atoms with van der Waals surface area (Å²) in [6.07, 6.45) is -0.130. The summed E-state index contributed by atoms with van der Waals surface area (Å²) in [6, 6.07) is 2.26. The predicted octanol–water partition coefficient (Wildman–Crippen LogP) is 0.690. The van der Waals surface area contributed by atoms with Crippen molar-refractivity contribution < 1.29 is 9.47 Å². The van der Waals surface area contributed by atoms with E-state index < -0.39 is 0 Å². The lowest BCUT2D eigenvalue weighted by molar-refractivity contribution is -0.0444. The first kappa shape index (κ1) is 15.1. The fourth-order valence-corrected chi connectivity index (χ4v) is 2.25. The molecule has 0 aliphatic carbocycles. The van der Waals surface area contributed by atoms with Crippen LogP contribution in [0.25, 0.3) is 0 Å². The van der Waals surface area contributed by atoms with Crippen LogP contribution >= 0.6 is 0 Å². The van der Waals surface area contributed by atoms with Crippen LogP contribution < -0.4 is 11.3 Å². The minimum Gasteiger partial charge on any atom is -0.378 e. The first-order valence-corrected chi connectivity index (χ1v) is 6.83. The van der Waals surface area contributed by atoms with Crippen molar-refractivity contribution in [1.82, 2.24) is 14.9 Å². The van der Waals surface area contributed by atoms with E-state index in [0.717, 1.165) is 18.8 Å². The number of aromatic nitrogens is 2. The fourth-order valence-electron chi connectivity index (χ4n) is 2.25. The molecule has 1 aliphatic heterocycles. The molecule has 3 N–H and O–H groups in total. The Morgan fingerprint density at radius 2 is 2.35 bits per heavy atom. The molecule has 1 saturated heterocycles. The smallest absolute Gasteiger partial charge is 0.161 e. The monoisotopic (exact) mass is 281 g/mol. The highest BCUT2D eigenvalue weighted by molar-refractivity contribution is 5.34. The molecule has 1 aromatic heterocycles. The number of nitrogens with zero attached hydrogens (tertiary/aromatic N) is 3. The molecule has 2 rings (SSSR count). The molecule has 1 unspecified atom stereocenters. The van der Waals surface area contributed by atoms with Gasteiger partial charge in [0.25, 0.3) is 0 Å². The van der Waals surface area contributed by atoms with Crippen molar-refractivity contribution in [2.45, 2.75) is 32.6 Å². The summed E-state index contributed by atoms with van der Waals surface area (Å²) < 4.78 is 10.9. The van der Waals surface area contributed by atoms with Gasteiger partial charge in [-0.2, -0.15) is 0 Å². The quantitative estimate of drug-likeness (QED) is 0.606. The number of nitrogen functional groups attached to an aromatic ring is 1. The van der Waals surface area contributed by atoms with Gasteiger partial charge < -0.3 is 14.9 Å². The normalized spacial score (nSPS) is 20.4. The number of hydrazine groups is 1. The maximum Gasteiger partial charge on any atom is 0.161 e. The van der Waals surface area contributed by atoms with Crippen LogP contribution in [0, 0.1) is 0 Å². The number of ether oxygens (including phenoxy) is 2. The van der Waals surface area contributed by atoms with Gasteiger partial charge in [0.15, 0.2) is 5.82 Å². The zero-order valence-electron chi connectivity index (χ0n) is 12.3. The summed E-state index contributed by atoms with van der Waals surface area (Å²) in [5, 5.41) is 0. The lowest BCUT2D eigenvalue weighted by Gasteiger charge is -2.34. The molecule has 7 nitrogen and oxygen atoms in total. The molecular formula is C13H23N5O2. The maximum absolute atomic E-state index is 5.80. The Labute approximate surface area is 119 Å². The molecule has 0 spiro atoms. The minimum absolute atomic E-state index is 0.130. The number of rotatable bonds is 5. The van der Waals surface area contributed by atoms with Crippen molar-refractivity contribution in [1.29, 1.82) is 0 Å². The standard InChI is InChI=1S/C13H23N5O2/c1-9(2)18-4-5-20-11(7-18)13-15-10(8-19-3)6-12(16-13)17-14/h6,9,11H,4-5,7-8,14H2,1-3H3,(H,15,16,17). The summed E-state index contributed by atoms with van der Waals surface area (Å²) in [7, 11) is 1.63. The zero-order chi connectivity index (χ0) is 14.5. The number of morpholine rings is 1. The molecule has 1 atom stereocenters. The van der Waals surface area contributed by atoms with E-state index >= 15 is 0 Å². The van der Waals surface area contributed by atoms with Crippen molar-refractivity contribution >= 4 is 5.82 Å². The molecule has 0 saturated carbocycles. The number of hydrogen-bond acceptors (Lipinski definition) is 7. The van der Waals surface area contributed by atoms with Crippen molar-refractivity contribution in [3.05, 3.63) is 17.6 Å². The second-order valence-electron chi connectivity index (χ2n) is 5.13. The summed E-state index contributed by atoms with van der Waals surface area (Å²) in [4.78, 5) is 11.3. The molecule has 2 heterocycles. The van der Waals surface area contributed by atoms with Gasteiger partial charge in [-0.3, -0.25) is 4.90 Å². The van der Waals surface area contributed by atoms with E-state index in [2.05, 4.69) is 34.1 Å².